The molecule has 3 rings (SSSR count). The first-order valence-corrected chi connectivity index (χ1v) is 10.9. The summed E-state index contributed by atoms with van der Waals surface area (Å²) in [7, 11) is -3.86. The van der Waals surface area contributed by atoms with E-state index < -0.39 is 15.9 Å². The molecule has 1 aliphatic heterocycles. The zero-order valence-electron chi connectivity index (χ0n) is 15.8. The molecule has 2 aromatic carbocycles. The predicted octanol–water partition coefficient (Wildman–Crippen LogP) is 3.67. The van der Waals surface area contributed by atoms with Gasteiger partial charge >= 0.3 is 0 Å². The smallest absolute Gasteiger partial charge is 0.255 e. The number of hydrogen-bond acceptors (Lipinski definition) is 4. The average Bonchev–Trinajstić information content (AvgIpc) is 3.16. The van der Waals surface area contributed by atoms with Gasteiger partial charge in [-0.1, -0.05) is 29.3 Å². The van der Waals surface area contributed by atoms with Gasteiger partial charge in [0.05, 0.1) is 11.1 Å². The highest BCUT2D eigenvalue weighted by Gasteiger charge is 2.23. The first-order chi connectivity index (χ1) is 13.3. The number of benzene rings is 2. The molecule has 2 aromatic rings. The molecular formula is C20H23ClN2O4S. The molecule has 1 heterocycles. The third kappa shape index (κ3) is 4.91. The first kappa shape index (κ1) is 20.8. The molecule has 0 radical (unpaired) electrons. The number of carbonyl (C=O) groups is 1. The minimum absolute atomic E-state index is 0.0582. The van der Waals surface area contributed by atoms with E-state index in [9.17, 15) is 13.2 Å². The zero-order chi connectivity index (χ0) is 20.3. The van der Waals surface area contributed by atoms with Gasteiger partial charge in [-0.25, -0.2) is 13.1 Å². The highest BCUT2D eigenvalue weighted by molar-refractivity contribution is 7.89. The average molecular weight is 423 g/mol. The van der Waals surface area contributed by atoms with Gasteiger partial charge in [-0.15, -0.1) is 0 Å². The molecule has 1 amide bonds. The summed E-state index contributed by atoms with van der Waals surface area (Å²) in [6.07, 6.45) is 1.60. The molecule has 2 N–H and O–H groups in total. The van der Waals surface area contributed by atoms with Crippen molar-refractivity contribution in [3.8, 4) is 0 Å². The van der Waals surface area contributed by atoms with Crippen LogP contribution < -0.4 is 10.0 Å². The van der Waals surface area contributed by atoms with E-state index in [-0.39, 0.29) is 28.1 Å². The van der Waals surface area contributed by atoms with Gasteiger partial charge in [-0.2, -0.15) is 0 Å². The number of rotatable bonds is 6. The lowest BCUT2D eigenvalue weighted by Crippen LogP contribution is -2.32. The Morgan fingerprint density at radius 3 is 2.68 bits per heavy atom. The van der Waals surface area contributed by atoms with Crippen LogP contribution in [0, 0.1) is 13.8 Å². The summed E-state index contributed by atoms with van der Waals surface area (Å²) in [6, 6.07) is 9.88. The van der Waals surface area contributed by atoms with Gasteiger partial charge < -0.3 is 10.1 Å². The Labute approximate surface area is 170 Å². The van der Waals surface area contributed by atoms with Crippen LogP contribution in [0.4, 0.5) is 5.69 Å². The number of carbonyl (C=O) groups excluding carboxylic acids is 1. The van der Waals surface area contributed by atoms with Crippen LogP contribution in [0.15, 0.2) is 41.3 Å². The van der Waals surface area contributed by atoms with Crippen molar-refractivity contribution in [1.82, 2.24) is 4.72 Å². The van der Waals surface area contributed by atoms with Crippen molar-refractivity contribution in [2.45, 2.75) is 37.7 Å². The number of halogens is 1. The predicted molar refractivity (Wildman–Crippen MR) is 109 cm³/mol. The lowest BCUT2D eigenvalue weighted by molar-refractivity contribution is 0.102. The van der Waals surface area contributed by atoms with Crippen molar-refractivity contribution < 1.29 is 17.9 Å². The van der Waals surface area contributed by atoms with Crippen LogP contribution in [-0.4, -0.2) is 33.6 Å². The summed E-state index contributed by atoms with van der Waals surface area (Å²) in [5, 5.41) is 2.87. The maximum absolute atomic E-state index is 12.7. The number of sulfonamides is 1. The van der Waals surface area contributed by atoms with Crippen LogP contribution in [0.3, 0.4) is 0 Å². The molecule has 0 spiro atoms. The van der Waals surface area contributed by atoms with Gasteiger partial charge in [0.15, 0.2) is 0 Å². The molecule has 0 aliphatic carbocycles. The van der Waals surface area contributed by atoms with E-state index in [1.54, 1.807) is 0 Å². The minimum Gasteiger partial charge on any atom is -0.377 e. The van der Waals surface area contributed by atoms with E-state index in [1.165, 1.54) is 18.2 Å². The van der Waals surface area contributed by atoms with Crippen LogP contribution in [0.1, 0.15) is 34.3 Å². The van der Waals surface area contributed by atoms with Crippen LogP contribution in [0.25, 0.3) is 0 Å². The zero-order valence-corrected chi connectivity index (χ0v) is 17.4. The SMILES string of the molecule is Cc1ccc(NC(=O)c2ccc(Cl)c(S(=O)(=O)NC[C@H]3CCCO3)c2)c(C)c1. The lowest BCUT2D eigenvalue weighted by atomic mass is 10.1. The molecule has 1 fully saturated rings. The monoisotopic (exact) mass is 422 g/mol. The summed E-state index contributed by atoms with van der Waals surface area (Å²) >= 11 is 6.10. The third-order valence-electron chi connectivity index (χ3n) is 4.64. The van der Waals surface area contributed by atoms with Crippen LogP contribution in [0.2, 0.25) is 5.02 Å². The second-order valence-corrected chi connectivity index (χ2v) is 9.05. The summed E-state index contributed by atoms with van der Waals surface area (Å²) in [5.74, 6) is -0.404. The number of aryl methyl sites for hydroxylation is 2. The summed E-state index contributed by atoms with van der Waals surface area (Å²) < 4.78 is 33.3. The maximum atomic E-state index is 12.7. The highest BCUT2D eigenvalue weighted by Crippen LogP contribution is 2.24. The highest BCUT2D eigenvalue weighted by atomic mass is 35.5. The fraction of sp³-hybridized carbons (Fsp3) is 0.350. The van der Waals surface area contributed by atoms with E-state index in [0.717, 1.165) is 24.0 Å². The number of hydrogen-bond donors (Lipinski definition) is 2. The molecule has 150 valence electrons. The van der Waals surface area contributed by atoms with Gasteiger partial charge in [0.25, 0.3) is 5.91 Å². The van der Waals surface area contributed by atoms with Crippen molar-refractivity contribution in [3.63, 3.8) is 0 Å². The van der Waals surface area contributed by atoms with Crippen molar-refractivity contribution in [2.75, 3.05) is 18.5 Å². The Bertz CT molecular complexity index is 986. The molecule has 28 heavy (non-hydrogen) atoms. The fourth-order valence-corrected chi connectivity index (χ4v) is 4.67. The van der Waals surface area contributed by atoms with E-state index in [1.807, 2.05) is 32.0 Å². The third-order valence-corrected chi connectivity index (χ3v) is 6.54. The molecule has 0 unspecified atom stereocenters. The Morgan fingerprint density at radius 1 is 1.21 bits per heavy atom. The normalized spacial score (nSPS) is 16.9. The van der Waals surface area contributed by atoms with Crippen molar-refractivity contribution in [2.24, 2.45) is 0 Å². The van der Waals surface area contributed by atoms with Gasteiger partial charge in [-0.05, 0) is 56.5 Å². The van der Waals surface area contributed by atoms with Crippen LogP contribution >= 0.6 is 11.6 Å². The molecule has 0 bridgehead atoms. The number of anilines is 1. The number of amides is 1. The second-order valence-electron chi connectivity index (χ2n) is 6.90. The first-order valence-electron chi connectivity index (χ1n) is 9.06. The summed E-state index contributed by atoms with van der Waals surface area (Å²) in [4.78, 5) is 12.5. The van der Waals surface area contributed by atoms with Crippen molar-refractivity contribution >= 4 is 33.2 Å². The Balaban J connectivity index is 1.78. The Kier molecular flexibility index (Phi) is 6.40. The topological polar surface area (TPSA) is 84.5 Å². The molecule has 1 saturated heterocycles. The fourth-order valence-electron chi connectivity index (χ4n) is 3.08. The summed E-state index contributed by atoms with van der Waals surface area (Å²) in [5.41, 5.74) is 2.90. The second kappa shape index (κ2) is 8.61. The molecule has 6 nitrogen and oxygen atoms in total. The van der Waals surface area contributed by atoms with Crippen molar-refractivity contribution in [3.05, 3.63) is 58.1 Å². The van der Waals surface area contributed by atoms with Gasteiger partial charge in [-0.3, -0.25) is 4.79 Å². The molecule has 1 aliphatic rings. The van der Waals surface area contributed by atoms with Gasteiger partial charge in [0.2, 0.25) is 10.0 Å². The van der Waals surface area contributed by atoms with Gasteiger partial charge in [0.1, 0.15) is 4.90 Å². The van der Waals surface area contributed by atoms with Crippen LogP contribution in [-0.2, 0) is 14.8 Å². The van der Waals surface area contributed by atoms with Crippen molar-refractivity contribution in [1.29, 1.82) is 0 Å². The number of nitrogens with one attached hydrogen (secondary N) is 2. The largest absolute Gasteiger partial charge is 0.377 e. The van der Waals surface area contributed by atoms with E-state index >= 15 is 0 Å². The van der Waals surface area contributed by atoms with Crippen LogP contribution in [0.5, 0.6) is 0 Å². The van der Waals surface area contributed by atoms with Gasteiger partial charge in [0, 0.05) is 24.4 Å². The minimum atomic E-state index is -3.86. The Morgan fingerprint density at radius 2 is 2.00 bits per heavy atom. The molecule has 0 aromatic heterocycles. The number of ether oxygens (including phenoxy) is 1. The molecular weight excluding hydrogens is 400 g/mol. The molecule has 0 saturated carbocycles. The summed E-state index contributed by atoms with van der Waals surface area (Å²) in [6.45, 7) is 4.69. The van der Waals surface area contributed by atoms with E-state index in [4.69, 9.17) is 16.3 Å². The Hall–Kier alpha value is -1.93. The van der Waals surface area contributed by atoms with E-state index in [0.29, 0.717) is 12.3 Å². The lowest BCUT2D eigenvalue weighted by Gasteiger charge is -2.14. The molecule has 1 atom stereocenters. The maximum Gasteiger partial charge on any atom is 0.255 e. The van der Waals surface area contributed by atoms with E-state index in [2.05, 4.69) is 10.0 Å². The molecule has 8 heteroatoms. The standard InChI is InChI=1S/C20H23ClN2O4S/c1-13-5-8-18(14(2)10-13)23-20(24)15-6-7-17(21)19(11-15)28(25,26)22-12-16-4-3-9-27-16/h5-8,10-11,16,22H,3-4,9,12H2,1-2H3,(H,23,24)/t16-/m1/s1. The quantitative estimate of drug-likeness (QED) is 0.743.